The number of aromatic nitrogens is 1. The molecule has 11 heteroatoms. The fraction of sp³-hybridized carbons (Fsp3) is 0.537. The van der Waals surface area contributed by atoms with Crippen molar-refractivity contribution in [3.8, 4) is 0 Å². The summed E-state index contributed by atoms with van der Waals surface area (Å²) < 4.78 is 6.29. The summed E-state index contributed by atoms with van der Waals surface area (Å²) in [5.41, 5.74) is 6.21. The van der Waals surface area contributed by atoms with E-state index in [0.29, 0.717) is 40.7 Å². The van der Waals surface area contributed by atoms with Crippen LogP contribution in [0.4, 0.5) is 16.2 Å². The van der Waals surface area contributed by atoms with Gasteiger partial charge in [-0.15, -0.1) is 0 Å². The molecule has 1 saturated carbocycles. The summed E-state index contributed by atoms with van der Waals surface area (Å²) in [6.45, 7) is 15.4. The van der Waals surface area contributed by atoms with E-state index >= 15 is 0 Å². The quantitative estimate of drug-likeness (QED) is 0.144. The molecular weight excluding hydrogens is 653 g/mol. The summed E-state index contributed by atoms with van der Waals surface area (Å²) >= 11 is 0. The summed E-state index contributed by atoms with van der Waals surface area (Å²) in [5.74, 6) is 1.24. The SMILES string of the molecule is CC[C@@H]1CNC(Nc2cc(NC(=O)c3ccc(CN4CC[C@@H](C)[N+](C)(COC(=O)NC(C)C)CC4)cc3)ccc2C)N2C(c3cccnc3)[C@]23CC13. The number of ether oxygens (including phenoxy) is 1. The van der Waals surface area contributed by atoms with Crippen molar-refractivity contribution in [3.05, 3.63) is 89.2 Å². The van der Waals surface area contributed by atoms with Crippen LogP contribution in [0.15, 0.2) is 67.0 Å². The molecule has 1 aromatic heterocycles. The third-order valence-electron chi connectivity index (χ3n) is 12.3. The smallest absolute Gasteiger partial charge is 0.399 e. The molecule has 8 atom stereocenters. The molecule has 5 unspecified atom stereocenters. The van der Waals surface area contributed by atoms with Crippen LogP contribution in [0.3, 0.4) is 0 Å². The minimum absolute atomic E-state index is 0.00592. The van der Waals surface area contributed by atoms with Crippen LogP contribution in [-0.4, -0.2) is 95.1 Å². The predicted octanol–water partition coefficient (Wildman–Crippen LogP) is 5.92. The van der Waals surface area contributed by atoms with E-state index in [1.807, 2.05) is 50.5 Å². The highest BCUT2D eigenvalue weighted by Crippen LogP contribution is 2.75. The van der Waals surface area contributed by atoms with Crippen LogP contribution in [0.25, 0.3) is 0 Å². The fourth-order valence-corrected chi connectivity index (χ4v) is 8.72. The molecular formula is C41H57N8O3+. The van der Waals surface area contributed by atoms with Gasteiger partial charge < -0.3 is 20.7 Å². The average molecular weight is 710 g/mol. The third-order valence-corrected chi connectivity index (χ3v) is 12.3. The maximum atomic E-state index is 13.4. The number of anilines is 2. The van der Waals surface area contributed by atoms with E-state index in [4.69, 9.17) is 4.74 Å². The molecule has 4 heterocycles. The van der Waals surface area contributed by atoms with Crippen molar-refractivity contribution in [3.63, 3.8) is 0 Å². The van der Waals surface area contributed by atoms with Gasteiger partial charge in [0.1, 0.15) is 6.29 Å². The molecule has 1 spiro atoms. The van der Waals surface area contributed by atoms with E-state index in [1.54, 1.807) is 0 Å². The van der Waals surface area contributed by atoms with Gasteiger partial charge in [0, 0.05) is 73.5 Å². The lowest BCUT2D eigenvalue weighted by molar-refractivity contribution is -0.945. The number of hydrogen-bond acceptors (Lipinski definition) is 8. The first-order valence-electron chi connectivity index (χ1n) is 19.2. The molecule has 0 bridgehead atoms. The molecule has 0 radical (unpaired) electrons. The van der Waals surface area contributed by atoms with Crippen LogP contribution in [-0.2, 0) is 11.3 Å². The molecule has 2 aromatic carbocycles. The minimum atomic E-state index is -0.357. The molecule has 3 saturated heterocycles. The second kappa shape index (κ2) is 14.8. The molecule has 3 aliphatic heterocycles. The zero-order chi connectivity index (χ0) is 36.6. The molecule has 7 rings (SSSR count). The second-order valence-electron chi connectivity index (χ2n) is 16.2. The number of pyridine rings is 1. The van der Waals surface area contributed by atoms with Gasteiger partial charge in [-0.05, 0) is 93.0 Å². The number of carbonyl (C=O) groups excluding carboxylic acids is 2. The highest BCUT2D eigenvalue weighted by molar-refractivity contribution is 6.04. The summed E-state index contributed by atoms with van der Waals surface area (Å²) in [5, 5.41) is 13.6. The van der Waals surface area contributed by atoms with Crippen LogP contribution in [0.5, 0.6) is 0 Å². The maximum Gasteiger partial charge on any atom is 0.411 e. The Morgan fingerprint density at radius 3 is 2.67 bits per heavy atom. The number of hydrogen-bond donors (Lipinski definition) is 4. The van der Waals surface area contributed by atoms with Gasteiger partial charge >= 0.3 is 6.09 Å². The second-order valence-corrected chi connectivity index (χ2v) is 16.2. The molecule has 1 aliphatic carbocycles. The van der Waals surface area contributed by atoms with Crippen molar-refractivity contribution in [1.82, 2.24) is 25.4 Å². The van der Waals surface area contributed by atoms with Gasteiger partial charge in [-0.25, -0.2) is 4.79 Å². The first kappa shape index (κ1) is 36.3. The Balaban J connectivity index is 0.954. The summed E-state index contributed by atoms with van der Waals surface area (Å²) in [6, 6.07) is 19.1. The normalized spacial score (nSPS) is 31.0. The van der Waals surface area contributed by atoms with Crippen LogP contribution >= 0.6 is 0 Å². The monoisotopic (exact) mass is 709 g/mol. The highest BCUT2D eigenvalue weighted by atomic mass is 16.6. The summed E-state index contributed by atoms with van der Waals surface area (Å²) in [6.07, 6.45) is 6.94. The number of benzene rings is 2. The number of likely N-dealkylation sites (N-methyl/N-ethyl adjacent to an activating group) is 1. The number of nitrogens with one attached hydrogen (secondary N) is 4. The van der Waals surface area contributed by atoms with Crippen LogP contribution < -0.4 is 21.3 Å². The standard InChI is InChI=1S/C41H56N8O3/c1-7-31-24-43-39(48-37(41(48)22-35(31)41)33-9-8-17-42-23-33)46-36-21-34(15-10-28(36)4)45-38(50)32-13-11-30(12-14-32)25-47-18-16-29(5)49(6,20-19-47)26-52-40(51)44-27(2)3/h8-15,17,21,23,27,29,31,35,37,39,43,46H,7,16,18-20,22,24-26H2,1-6H3,(H-,44,45,50,51)/p+1/t29-,31-,35?,37?,39?,41-,48?,49?/m1/s1. The summed E-state index contributed by atoms with van der Waals surface area (Å²) in [4.78, 5) is 35.1. The first-order chi connectivity index (χ1) is 25.0. The first-order valence-corrected chi connectivity index (χ1v) is 19.2. The molecule has 3 aromatic rings. The molecule has 4 N–H and O–H groups in total. The number of alkyl carbamates (subject to hydrolysis) is 1. The Hall–Kier alpha value is -4.03. The molecule has 4 aliphatic rings. The third kappa shape index (κ3) is 7.42. The zero-order valence-electron chi connectivity index (χ0n) is 31.7. The Kier molecular flexibility index (Phi) is 10.3. The number of aryl methyl sites for hydroxylation is 1. The summed E-state index contributed by atoms with van der Waals surface area (Å²) in [7, 11) is 2.18. The Morgan fingerprint density at radius 1 is 1.13 bits per heavy atom. The Morgan fingerprint density at radius 2 is 1.94 bits per heavy atom. The molecule has 4 fully saturated rings. The number of carbonyl (C=O) groups is 2. The number of quaternary nitrogens is 1. The fourth-order valence-electron chi connectivity index (χ4n) is 8.72. The minimum Gasteiger partial charge on any atom is -0.399 e. The van der Waals surface area contributed by atoms with E-state index in [2.05, 4.69) is 94.2 Å². The predicted molar refractivity (Wildman–Crippen MR) is 204 cm³/mol. The van der Waals surface area contributed by atoms with Crippen LogP contribution in [0, 0.1) is 18.8 Å². The van der Waals surface area contributed by atoms with E-state index in [9.17, 15) is 9.59 Å². The topological polar surface area (TPSA) is 111 Å². The van der Waals surface area contributed by atoms with Crippen molar-refractivity contribution >= 4 is 23.4 Å². The largest absolute Gasteiger partial charge is 0.411 e. The van der Waals surface area contributed by atoms with E-state index in [1.165, 1.54) is 24.0 Å². The maximum absolute atomic E-state index is 13.4. The molecule has 278 valence electrons. The van der Waals surface area contributed by atoms with Gasteiger partial charge in [0.15, 0.2) is 0 Å². The van der Waals surface area contributed by atoms with Gasteiger partial charge in [-0.2, -0.15) is 0 Å². The lowest BCUT2D eigenvalue weighted by atomic mass is 9.97. The Bertz CT molecular complexity index is 1740. The molecule has 2 amide bonds. The van der Waals surface area contributed by atoms with Gasteiger partial charge in [0.25, 0.3) is 5.91 Å². The van der Waals surface area contributed by atoms with Crippen molar-refractivity contribution in [2.24, 2.45) is 11.8 Å². The van der Waals surface area contributed by atoms with Crippen LogP contribution in [0.1, 0.15) is 80.0 Å². The van der Waals surface area contributed by atoms with Gasteiger partial charge in [0.2, 0.25) is 6.73 Å². The van der Waals surface area contributed by atoms with Crippen molar-refractivity contribution in [1.29, 1.82) is 0 Å². The van der Waals surface area contributed by atoms with Crippen molar-refractivity contribution in [2.75, 3.05) is 50.6 Å². The number of amides is 2. The van der Waals surface area contributed by atoms with Gasteiger partial charge in [-0.3, -0.25) is 29.4 Å². The van der Waals surface area contributed by atoms with Gasteiger partial charge in [-0.1, -0.05) is 37.6 Å². The van der Waals surface area contributed by atoms with Gasteiger partial charge in [0.05, 0.1) is 25.7 Å². The van der Waals surface area contributed by atoms with E-state index in [0.717, 1.165) is 56.1 Å². The lowest BCUT2D eigenvalue weighted by Crippen LogP contribution is -2.54. The molecule has 52 heavy (non-hydrogen) atoms. The molecule has 11 nitrogen and oxygen atoms in total. The van der Waals surface area contributed by atoms with Crippen molar-refractivity contribution in [2.45, 2.75) is 90.4 Å². The van der Waals surface area contributed by atoms with Crippen molar-refractivity contribution < 1.29 is 18.8 Å². The average Bonchev–Trinajstić information content (AvgIpc) is 4.04. The highest BCUT2D eigenvalue weighted by Gasteiger charge is 2.80. The van der Waals surface area contributed by atoms with Crippen LogP contribution in [0.2, 0.25) is 0 Å². The number of nitrogens with zero attached hydrogens (tertiary/aromatic N) is 4. The van der Waals surface area contributed by atoms with E-state index < -0.39 is 0 Å². The lowest BCUT2D eigenvalue weighted by Gasteiger charge is -2.37. The Labute approximate surface area is 309 Å². The van der Waals surface area contributed by atoms with E-state index in [-0.39, 0.29) is 29.9 Å². The number of rotatable bonds is 11. The zero-order valence-corrected chi connectivity index (χ0v) is 31.7.